The van der Waals surface area contributed by atoms with Crippen molar-refractivity contribution < 1.29 is 4.39 Å². The monoisotopic (exact) mass is 372 g/mol. The zero-order valence-electron chi connectivity index (χ0n) is 12.4. The summed E-state index contributed by atoms with van der Waals surface area (Å²) in [7, 11) is 0. The van der Waals surface area contributed by atoms with Crippen molar-refractivity contribution in [3.63, 3.8) is 0 Å². The van der Waals surface area contributed by atoms with Gasteiger partial charge in [0.2, 0.25) is 0 Å². The van der Waals surface area contributed by atoms with Gasteiger partial charge in [-0.05, 0) is 53.2 Å². The van der Waals surface area contributed by atoms with Crippen molar-refractivity contribution in [2.75, 3.05) is 18.0 Å². The second kappa shape index (κ2) is 7.54. The van der Waals surface area contributed by atoms with E-state index in [1.807, 2.05) is 0 Å². The molecule has 0 saturated carbocycles. The van der Waals surface area contributed by atoms with Crippen molar-refractivity contribution in [2.24, 2.45) is 11.7 Å². The summed E-state index contributed by atoms with van der Waals surface area (Å²) in [5, 5.41) is 0. The Morgan fingerprint density at radius 3 is 2.86 bits per heavy atom. The van der Waals surface area contributed by atoms with Crippen LogP contribution in [0.5, 0.6) is 0 Å². The number of halogens is 2. The van der Waals surface area contributed by atoms with E-state index in [2.05, 4.69) is 27.8 Å². The third-order valence-electron chi connectivity index (χ3n) is 4.21. The molecule has 0 aromatic heterocycles. The number of anilines is 1. The van der Waals surface area contributed by atoms with Gasteiger partial charge in [0.25, 0.3) is 0 Å². The van der Waals surface area contributed by atoms with Crippen LogP contribution < -0.4 is 10.6 Å². The predicted octanol–water partition coefficient (Wildman–Crippen LogP) is 4.63. The number of benzene rings is 1. The lowest BCUT2D eigenvalue weighted by atomic mass is 9.96. The molecule has 1 aliphatic heterocycles. The highest BCUT2D eigenvalue weighted by Crippen LogP contribution is 2.32. The van der Waals surface area contributed by atoms with Gasteiger partial charge in [-0.25, -0.2) is 4.39 Å². The average Bonchev–Trinajstić information content (AvgIpc) is 2.67. The molecule has 1 aliphatic rings. The molecule has 1 aromatic carbocycles. The van der Waals surface area contributed by atoms with E-state index < -0.39 is 0 Å². The Labute approximate surface area is 140 Å². The molecule has 1 atom stereocenters. The van der Waals surface area contributed by atoms with E-state index in [0.29, 0.717) is 15.7 Å². The highest BCUT2D eigenvalue weighted by molar-refractivity contribution is 9.10. The molecule has 1 heterocycles. The second-order valence-electron chi connectivity index (χ2n) is 5.70. The van der Waals surface area contributed by atoms with E-state index in [4.69, 9.17) is 18.0 Å². The summed E-state index contributed by atoms with van der Waals surface area (Å²) in [6.07, 6.45) is 6.02. The van der Waals surface area contributed by atoms with Crippen molar-refractivity contribution in [3.05, 3.63) is 28.0 Å². The van der Waals surface area contributed by atoms with Gasteiger partial charge < -0.3 is 10.6 Å². The smallest absolute Gasteiger partial charge is 0.161 e. The minimum absolute atomic E-state index is 0.214. The van der Waals surface area contributed by atoms with Crippen molar-refractivity contribution in [3.8, 4) is 0 Å². The van der Waals surface area contributed by atoms with E-state index in [9.17, 15) is 4.39 Å². The summed E-state index contributed by atoms with van der Waals surface area (Å²) in [6, 6.07) is 3.61. The Kier molecular flexibility index (Phi) is 5.99. The Morgan fingerprint density at radius 1 is 1.43 bits per heavy atom. The topological polar surface area (TPSA) is 29.3 Å². The summed E-state index contributed by atoms with van der Waals surface area (Å²) in [6.45, 7) is 4.06. The van der Waals surface area contributed by atoms with Crippen molar-refractivity contribution in [2.45, 2.75) is 39.0 Å². The molecule has 5 heteroatoms. The van der Waals surface area contributed by atoms with Gasteiger partial charge in [0, 0.05) is 18.7 Å². The Morgan fingerprint density at radius 2 is 2.19 bits per heavy atom. The standard InChI is InChI=1S/C16H22BrFN2S/c1-2-4-11-5-3-9-20(10-8-11)13-7-6-12(16(19)21)14(17)15(13)18/h6-7,11H,2-5,8-10H2,1H3,(H2,19,21). The number of nitrogens with two attached hydrogens (primary N) is 1. The fourth-order valence-electron chi connectivity index (χ4n) is 3.08. The minimum atomic E-state index is -0.255. The van der Waals surface area contributed by atoms with Crippen molar-refractivity contribution in [1.82, 2.24) is 0 Å². The second-order valence-corrected chi connectivity index (χ2v) is 6.93. The van der Waals surface area contributed by atoms with Gasteiger partial charge in [0.05, 0.1) is 10.2 Å². The van der Waals surface area contributed by atoms with Crippen LogP contribution in [0.15, 0.2) is 16.6 Å². The van der Waals surface area contributed by atoms with Crippen LogP contribution in [0.4, 0.5) is 10.1 Å². The maximum atomic E-state index is 14.6. The number of rotatable bonds is 4. The number of nitrogens with zero attached hydrogens (tertiary/aromatic N) is 1. The molecule has 1 saturated heterocycles. The fourth-order valence-corrected chi connectivity index (χ4v) is 3.93. The molecule has 0 amide bonds. The summed E-state index contributed by atoms with van der Waals surface area (Å²) in [5.74, 6) is 0.525. The molecule has 0 spiro atoms. The molecule has 21 heavy (non-hydrogen) atoms. The molecule has 1 aromatic rings. The Balaban J connectivity index is 2.18. The lowest BCUT2D eigenvalue weighted by molar-refractivity contribution is 0.435. The van der Waals surface area contributed by atoms with Gasteiger partial charge >= 0.3 is 0 Å². The van der Waals surface area contributed by atoms with Crippen LogP contribution >= 0.6 is 28.1 Å². The van der Waals surface area contributed by atoms with Gasteiger partial charge in [0.15, 0.2) is 5.82 Å². The average molecular weight is 373 g/mol. The third-order valence-corrected chi connectivity index (χ3v) is 5.21. The highest BCUT2D eigenvalue weighted by Gasteiger charge is 2.21. The van der Waals surface area contributed by atoms with Gasteiger partial charge in [-0.3, -0.25) is 0 Å². The van der Waals surface area contributed by atoms with Crippen LogP contribution in [0.25, 0.3) is 0 Å². The number of thiocarbonyl (C=S) groups is 1. The molecular formula is C16H22BrFN2S. The van der Waals surface area contributed by atoms with Crippen LogP contribution in [-0.4, -0.2) is 18.1 Å². The number of hydrogen-bond donors (Lipinski definition) is 1. The highest BCUT2D eigenvalue weighted by atomic mass is 79.9. The van der Waals surface area contributed by atoms with Crippen molar-refractivity contribution >= 4 is 38.8 Å². The van der Waals surface area contributed by atoms with Crippen LogP contribution in [-0.2, 0) is 0 Å². The van der Waals surface area contributed by atoms with E-state index in [1.165, 1.54) is 19.3 Å². The van der Waals surface area contributed by atoms with Gasteiger partial charge in [-0.2, -0.15) is 0 Å². The molecular weight excluding hydrogens is 351 g/mol. The molecule has 1 unspecified atom stereocenters. The molecule has 0 aliphatic carbocycles. The quantitative estimate of drug-likeness (QED) is 0.781. The van der Waals surface area contributed by atoms with E-state index >= 15 is 0 Å². The predicted molar refractivity (Wildman–Crippen MR) is 94.4 cm³/mol. The minimum Gasteiger partial charge on any atom is -0.389 e. The lowest BCUT2D eigenvalue weighted by Crippen LogP contribution is -2.25. The first kappa shape index (κ1) is 16.7. The van der Waals surface area contributed by atoms with Crippen molar-refractivity contribution in [1.29, 1.82) is 0 Å². The fraction of sp³-hybridized carbons (Fsp3) is 0.562. The molecule has 2 nitrogen and oxygen atoms in total. The van der Waals surface area contributed by atoms with Crippen LogP contribution in [0, 0.1) is 11.7 Å². The maximum Gasteiger partial charge on any atom is 0.161 e. The zero-order chi connectivity index (χ0) is 15.4. The first-order valence-corrected chi connectivity index (χ1v) is 8.77. The molecule has 0 bridgehead atoms. The largest absolute Gasteiger partial charge is 0.389 e. The first-order chi connectivity index (χ1) is 10.0. The first-order valence-electron chi connectivity index (χ1n) is 7.57. The molecule has 2 N–H and O–H groups in total. The lowest BCUT2D eigenvalue weighted by Gasteiger charge is -2.24. The Hall–Kier alpha value is -0.680. The van der Waals surface area contributed by atoms with E-state index in [1.54, 1.807) is 12.1 Å². The Bertz CT molecular complexity index is 521. The summed E-state index contributed by atoms with van der Waals surface area (Å²) in [5.41, 5.74) is 6.82. The molecule has 1 fully saturated rings. The van der Waals surface area contributed by atoms with E-state index in [-0.39, 0.29) is 10.8 Å². The maximum absolute atomic E-state index is 14.6. The van der Waals surface area contributed by atoms with Crippen LogP contribution in [0.2, 0.25) is 0 Å². The zero-order valence-corrected chi connectivity index (χ0v) is 14.8. The summed E-state index contributed by atoms with van der Waals surface area (Å²) < 4.78 is 15.0. The molecule has 0 radical (unpaired) electrons. The molecule has 116 valence electrons. The van der Waals surface area contributed by atoms with E-state index in [0.717, 1.165) is 31.8 Å². The van der Waals surface area contributed by atoms with Crippen LogP contribution in [0.3, 0.4) is 0 Å². The number of hydrogen-bond acceptors (Lipinski definition) is 2. The normalized spacial score (nSPS) is 19.4. The summed E-state index contributed by atoms with van der Waals surface area (Å²) in [4.78, 5) is 2.37. The summed E-state index contributed by atoms with van der Waals surface area (Å²) >= 11 is 8.23. The van der Waals surface area contributed by atoms with Gasteiger partial charge in [-0.1, -0.05) is 32.0 Å². The van der Waals surface area contributed by atoms with Crippen LogP contribution in [0.1, 0.15) is 44.6 Å². The SMILES string of the molecule is CCCC1CCCN(c2ccc(C(N)=S)c(Br)c2F)CC1. The molecule has 2 rings (SSSR count). The van der Waals surface area contributed by atoms with Gasteiger partial charge in [-0.15, -0.1) is 0 Å². The third kappa shape index (κ3) is 3.95. The van der Waals surface area contributed by atoms with Gasteiger partial charge in [0.1, 0.15) is 4.99 Å².